The van der Waals surface area contributed by atoms with Crippen molar-refractivity contribution < 1.29 is 56.9 Å². The molecule has 0 spiro atoms. The van der Waals surface area contributed by atoms with Crippen molar-refractivity contribution in [1.82, 2.24) is 19.8 Å². The van der Waals surface area contributed by atoms with Crippen molar-refractivity contribution in [1.29, 1.82) is 0 Å². The van der Waals surface area contributed by atoms with Gasteiger partial charge in [0, 0.05) is 36.6 Å². The van der Waals surface area contributed by atoms with E-state index in [9.17, 15) is 24.9 Å². The van der Waals surface area contributed by atoms with E-state index in [1.807, 2.05) is 11.0 Å². The number of phenols is 2. The molecule has 46 heavy (non-hydrogen) atoms. The molecule has 2 heterocycles. The van der Waals surface area contributed by atoms with Crippen LogP contribution < -0.4 is 9.47 Å². The Balaban J connectivity index is 0.00000368. The number of carboxylic acids is 1. The third-order valence-corrected chi connectivity index (χ3v) is 7.16. The van der Waals surface area contributed by atoms with Crippen LogP contribution >= 0.6 is 0 Å². The van der Waals surface area contributed by atoms with Gasteiger partial charge in [-0.3, -0.25) is 29.4 Å². The van der Waals surface area contributed by atoms with Crippen LogP contribution in [0.25, 0.3) is 0 Å². The molecule has 13 heteroatoms. The van der Waals surface area contributed by atoms with Crippen molar-refractivity contribution in [3.05, 3.63) is 108 Å². The number of nitrogens with zero attached hydrogens (tertiary/aromatic N) is 4. The Kier molecular flexibility index (Phi) is 14.6. The first-order valence-electron chi connectivity index (χ1n) is 14.0. The molecule has 4 rings (SSSR count). The Bertz CT molecular complexity index is 1450. The number of hydrogen-bond acceptors (Lipinski definition) is 10. The molecule has 1 radical (unpaired) electrons. The van der Waals surface area contributed by atoms with Crippen molar-refractivity contribution in [2.24, 2.45) is 0 Å². The van der Waals surface area contributed by atoms with Crippen LogP contribution in [0.4, 0.5) is 0 Å². The van der Waals surface area contributed by atoms with Gasteiger partial charge in [0.15, 0.2) is 0 Å². The number of aromatic hydroxyl groups is 2. The number of Topliss-reactive ketones (excluding diaryl/α,β-unsaturated/α-hetero) is 1. The van der Waals surface area contributed by atoms with Gasteiger partial charge in [0.1, 0.15) is 28.8 Å². The molecule has 0 saturated carbocycles. The van der Waals surface area contributed by atoms with Gasteiger partial charge in [0.25, 0.3) is 0 Å². The van der Waals surface area contributed by atoms with Gasteiger partial charge in [-0.2, -0.15) is 0 Å². The maximum atomic E-state index is 12.6. The Morgan fingerprint density at radius 3 is 1.52 bits per heavy atom. The van der Waals surface area contributed by atoms with Gasteiger partial charge in [-0.1, -0.05) is 12.1 Å². The number of carbonyl (C=O) groups is 2. The summed E-state index contributed by atoms with van der Waals surface area (Å²) in [4.78, 5) is 37.4. The quantitative estimate of drug-likeness (QED) is 0.158. The van der Waals surface area contributed by atoms with Crippen molar-refractivity contribution in [3.63, 3.8) is 0 Å². The van der Waals surface area contributed by atoms with Crippen LogP contribution in [-0.2, 0) is 26.7 Å². The molecule has 12 nitrogen and oxygen atoms in total. The first-order chi connectivity index (χ1) is 21.2. The zero-order valence-corrected chi connectivity index (χ0v) is 26.9. The van der Waals surface area contributed by atoms with Crippen molar-refractivity contribution in [3.8, 4) is 23.0 Å². The second kappa shape index (κ2) is 17.8. The van der Waals surface area contributed by atoms with Crippen LogP contribution in [-0.4, -0.2) is 92.7 Å². The molecule has 2 atom stereocenters. The van der Waals surface area contributed by atoms with Gasteiger partial charge in [-0.05, 0) is 67.6 Å². The molecule has 0 bridgehead atoms. The van der Waals surface area contributed by atoms with Gasteiger partial charge in [0.2, 0.25) is 0 Å². The van der Waals surface area contributed by atoms with Crippen LogP contribution in [0.3, 0.4) is 0 Å². The molecule has 0 aliphatic heterocycles. The number of aliphatic carboxylic acids is 1. The van der Waals surface area contributed by atoms with E-state index in [4.69, 9.17) is 9.47 Å². The maximum absolute atomic E-state index is 12.6. The molecule has 2 aromatic heterocycles. The zero-order chi connectivity index (χ0) is 31.6. The van der Waals surface area contributed by atoms with E-state index >= 15 is 0 Å². The first kappa shape index (κ1) is 37.7. The average Bonchev–Trinajstić information content (AvgIpc) is 3.02. The molecular formula is C33H38MnN4O8+2. The Labute approximate surface area is 278 Å². The van der Waals surface area contributed by atoms with Crippen LogP contribution in [0.2, 0.25) is 0 Å². The normalized spacial score (nSPS) is 12.0. The molecule has 243 valence electrons. The molecule has 0 aliphatic carbocycles. The summed E-state index contributed by atoms with van der Waals surface area (Å²) in [5, 5.41) is 31.9. The molecule has 0 amide bonds. The Morgan fingerprint density at radius 1 is 0.739 bits per heavy atom. The number of ether oxygens (including phenoxy) is 2. The Hall–Kier alpha value is -4.52. The van der Waals surface area contributed by atoms with E-state index in [1.165, 1.54) is 33.3 Å². The summed E-state index contributed by atoms with van der Waals surface area (Å²) in [6.07, 6.45) is 3.23. The Morgan fingerprint density at radius 2 is 1.17 bits per heavy atom. The largest absolute Gasteiger partial charge is 2.00 e. The summed E-state index contributed by atoms with van der Waals surface area (Å²) in [7, 11) is 3.03. The van der Waals surface area contributed by atoms with Crippen LogP contribution in [0.1, 0.15) is 41.5 Å². The summed E-state index contributed by atoms with van der Waals surface area (Å²) >= 11 is 0. The molecule has 0 saturated heterocycles. The zero-order valence-electron chi connectivity index (χ0n) is 25.7. The number of methoxy groups -OCH3 is 2. The number of rotatable bonds is 15. The molecule has 4 aromatic rings. The SMILES string of the molecule is COc1ccc(O)c(C(c2ccccn2)N(CCN(CC(C)=O)[C@H](c2ccccn2)c2cc(OC)ccc2O)CC(=O)O)c1.O.[Mn+2]. The second-order valence-electron chi connectivity index (χ2n) is 10.2. The summed E-state index contributed by atoms with van der Waals surface area (Å²) in [5.41, 5.74) is 1.98. The summed E-state index contributed by atoms with van der Waals surface area (Å²) in [6.45, 7) is 1.36. The maximum Gasteiger partial charge on any atom is 2.00 e. The third kappa shape index (κ3) is 9.49. The number of benzene rings is 2. The van der Waals surface area contributed by atoms with Crippen LogP contribution in [0.5, 0.6) is 23.0 Å². The van der Waals surface area contributed by atoms with Gasteiger partial charge >= 0.3 is 23.0 Å². The fourth-order valence-corrected chi connectivity index (χ4v) is 5.23. The second-order valence-corrected chi connectivity index (χ2v) is 10.2. The third-order valence-electron chi connectivity index (χ3n) is 7.16. The fraction of sp³-hybridized carbons (Fsp3) is 0.273. The molecule has 0 fully saturated rings. The van der Waals surface area contributed by atoms with Crippen molar-refractivity contribution in [2.75, 3.05) is 40.4 Å². The number of phenolic OH excluding ortho intramolecular Hbond substituents is 2. The minimum atomic E-state index is -1.09. The first-order valence-corrected chi connectivity index (χ1v) is 14.0. The number of hydrogen-bond donors (Lipinski definition) is 3. The van der Waals surface area contributed by atoms with E-state index in [0.717, 1.165) is 0 Å². The standard InChI is InChI=1S/C33H36N4O7.Mn.H2O/c1-22(38)20-36(32(27-8-4-6-14-34-27)25-18-23(43-2)10-12-29(25)39)16-17-37(21-31(41)42)33(28-9-5-7-15-35-28)26-19-24(44-3)11-13-30(26)40;;/h4-15,18-19,32-33,39-40H,16-17,20-21H2,1-3H3,(H,41,42);;1H2/q;+2;/t32-,33?;;/m0../s1. The van der Waals surface area contributed by atoms with Gasteiger partial charge in [0.05, 0.1) is 50.8 Å². The monoisotopic (exact) mass is 673 g/mol. The predicted molar refractivity (Wildman–Crippen MR) is 167 cm³/mol. The van der Waals surface area contributed by atoms with Crippen LogP contribution in [0, 0.1) is 0 Å². The van der Waals surface area contributed by atoms with E-state index in [-0.39, 0.29) is 59.5 Å². The predicted octanol–water partition coefficient (Wildman–Crippen LogP) is 3.23. The van der Waals surface area contributed by atoms with E-state index in [2.05, 4.69) is 9.97 Å². The fourth-order valence-electron chi connectivity index (χ4n) is 5.23. The van der Waals surface area contributed by atoms with Gasteiger partial charge in [-0.25, -0.2) is 0 Å². The number of carboxylic acid groups (broad SMARTS) is 1. The minimum Gasteiger partial charge on any atom is -0.508 e. The summed E-state index contributed by atoms with van der Waals surface area (Å²) in [5.74, 6) is -0.285. The number of ketones is 1. The summed E-state index contributed by atoms with van der Waals surface area (Å²) < 4.78 is 10.8. The van der Waals surface area contributed by atoms with E-state index < -0.39 is 24.6 Å². The molecular weight excluding hydrogens is 635 g/mol. The van der Waals surface area contributed by atoms with Gasteiger partial charge in [-0.15, -0.1) is 0 Å². The minimum absolute atomic E-state index is 0. The molecule has 5 N–H and O–H groups in total. The topological polar surface area (TPSA) is 177 Å². The molecule has 2 aromatic carbocycles. The molecule has 0 aliphatic rings. The number of aromatic nitrogens is 2. The smallest absolute Gasteiger partial charge is 0.508 e. The molecule has 1 unspecified atom stereocenters. The average molecular weight is 674 g/mol. The number of pyridine rings is 2. The van der Waals surface area contributed by atoms with E-state index in [1.54, 1.807) is 71.9 Å². The van der Waals surface area contributed by atoms with E-state index in [0.29, 0.717) is 34.0 Å². The van der Waals surface area contributed by atoms with Crippen molar-refractivity contribution in [2.45, 2.75) is 19.0 Å². The van der Waals surface area contributed by atoms with Crippen molar-refractivity contribution >= 4 is 11.8 Å². The summed E-state index contributed by atoms with van der Waals surface area (Å²) in [6, 6.07) is 18.8. The van der Waals surface area contributed by atoms with Gasteiger partial charge < -0.3 is 30.3 Å². The van der Waals surface area contributed by atoms with Crippen LogP contribution in [0.15, 0.2) is 85.2 Å². The number of carbonyl (C=O) groups excluding carboxylic acids is 1.